The molecule has 5 nitrogen and oxygen atoms in total. The molecule has 0 aliphatic heterocycles. The molecule has 1 aromatic rings. The Kier molecular flexibility index (Phi) is 7.07. The molecule has 0 atom stereocenters. The monoisotopic (exact) mass is 403 g/mol. The Balaban J connectivity index is 3.16. The first-order valence-electron chi connectivity index (χ1n) is 7.24. The fourth-order valence-electron chi connectivity index (χ4n) is 2.06. The molecule has 2 amide bonds. The summed E-state index contributed by atoms with van der Waals surface area (Å²) < 4.78 is 0.841. The van der Waals surface area contributed by atoms with E-state index < -0.39 is 0 Å². The van der Waals surface area contributed by atoms with Gasteiger partial charge in [-0.3, -0.25) is 9.59 Å². The van der Waals surface area contributed by atoms with Crippen LogP contribution in [0.15, 0.2) is 12.1 Å². The molecule has 1 rings (SSSR count). The van der Waals surface area contributed by atoms with Crippen molar-refractivity contribution in [2.45, 2.75) is 27.7 Å². The van der Waals surface area contributed by atoms with Crippen LogP contribution in [-0.2, 0) is 0 Å². The Morgan fingerprint density at radius 3 is 1.52 bits per heavy atom. The summed E-state index contributed by atoms with van der Waals surface area (Å²) in [5.41, 5.74) is 0.669. The van der Waals surface area contributed by atoms with Crippen LogP contribution in [0.3, 0.4) is 0 Å². The van der Waals surface area contributed by atoms with E-state index in [9.17, 15) is 9.59 Å². The summed E-state index contributed by atoms with van der Waals surface area (Å²) >= 11 is 2.11. The van der Waals surface area contributed by atoms with E-state index in [4.69, 9.17) is 0 Å². The highest BCUT2D eigenvalue weighted by Crippen LogP contribution is 2.13. The van der Waals surface area contributed by atoms with Crippen LogP contribution < -0.4 is 0 Å². The molecule has 0 aliphatic carbocycles. The Hall–Kier alpha value is -1.18. The van der Waals surface area contributed by atoms with E-state index in [2.05, 4.69) is 27.6 Å². The van der Waals surface area contributed by atoms with Crippen molar-refractivity contribution in [2.75, 3.05) is 26.2 Å². The molecule has 0 N–H and O–H groups in total. The van der Waals surface area contributed by atoms with Gasteiger partial charge in [-0.15, -0.1) is 0 Å². The normalized spacial score (nSPS) is 10.3. The van der Waals surface area contributed by atoms with Crippen molar-refractivity contribution in [3.8, 4) is 0 Å². The summed E-state index contributed by atoms with van der Waals surface area (Å²) in [7, 11) is 0. The van der Waals surface area contributed by atoms with Crippen molar-refractivity contribution < 1.29 is 9.59 Å². The molecule has 0 fully saturated rings. The molecule has 116 valence electrons. The number of hydrogen-bond acceptors (Lipinski definition) is 3. The van der Waals surface area contributed by atoms with Crippen molar-refractivity contribution >= 4 is 34.4 Å². The highest BCUT2D eigenvalue weighted by atomic mass is 127. The Morgan fingerprint density at radius 2 is 1.24 bits per heavy atom. The molecule has 0 saturated heterocycles. The molecule has 0 unspecified atom stereocenters. The van der Waals surface area contributed by atoms with Crippen molar-refractivity contribution in [2.24, 2.45) is 0 Å². The topological polar surface area (TPSA) is 53.5 Å². The van der Waals surface area contributed by atoms with E-state index in [1.54, 1.807) is 21.9 Å². The molecule has 0 aliphatic rings. The van der Waals surface area contributed by atoms with Crippen LogP contribution in [0, 0.1) is 3.57 Å². The molecule has 6 heteroatoms. The van der Waals surface area contributed by atoms with Gasteiger partial charge < -0.3 is 9.80 Å². The van der Waals surface area contributed by atoms with Gasteiger partial charge in [0.2, 0.25) is 0 Å². The first kappa shape index (κ1) is 17.9. The molecular weight excluding hydrogens is 381 g/mol. The zero-order chi connectivity index (χ0) is 16.0. The van der Waals surface area contributed by atoms with Gasteiger partial charge >= 0.3 is 0 Å². The number of carbonyl (C=O) groups excluding carboxylic acids is 2. The van der Waals surface area contributed by atoms with Crippen LogP contribution in [0.2, 0.25) is 0 Å². The minimum absolute atomic E-state index is 0.132. The third kappa shape index (κ3) is 4.39. The van der Waals surface area contributed by atoms with Gasteiger partial charge in [-0.1, -0.05) is 0 Å². The Labute approximate surface area is 139 Å². The molecule has 0 bridgehead atoms. The summed E-state index contributed by atoms with van der Waals surface area (Å²) in [5.74, 6) is -0.265. The zero-order valence-corrected chi connectivity index (χ0v) is 15.2. The van der Waals surface area contributed by atoms with Gasteiger partial charge in [-0.2, -0.15) is 0 Å². The number of aromatic nitrogens is 1. The van der Waals surface area contributed by atoms with Crippen molar-refractivity contribution in [1.82, 2.24) is 14.8 Å². The van der Waals surface area contributed by atoms with Gasteiger partial charge in [0.15, 0.2) is 0 Å². The third-order valence-electron chi connectivity index (χ3n) is 3.33. The number of pyridine rings is 1. The second-order valence-corrected chi connectivity index (χ2v) is 5.76. The average molecular weight is 403 g/mol. The number of carbonyl (C=O) groups is 2. The van der Waals surface area contributed by atoms with Crippen LogP contribution in [0.25, 0.3) is 0 Å². The lowest BCUT2D eigenvalue weighted by Gasteiger charge is -2.20. The third-order valence-corrected chi connectivity index (χ3v) is 3.95. The van der Waals surface area contributed by atoms with Crippen molar-refractivity contribution in [3.63, 3.8) is 0 Å². The smallest absolute Gasteiger partial charge is 0.272 e. The molecule has 1 heterocycles. The molecule has 0 saturated carbocycles. The minimum atomic E-state index is -0.132. The zero-order valence-electron chi connectivity index (χ0n) is 13.0. The van der Waals surface area contributed by atoms with Crippen molar-refractivity contribution in [1.29, 1.82) is 0 Å². The summed E-state index contributed by atoms with van der Waals surface area (Å²) in [6.45, 7) is 10.2. The average Bonchev–Trinajstić information content (AvgIpc) is 2.48. The van der Waals surface area contributed by atoms with Gasteiger partial charge in [-0.05, 0) is 62.4 Å². The number of halogens is 1. The summed E-state index contributed by atoms with van der Waals surface area (Å²) in [5, 5.41) is 0. The number of hydrogen-bond donors (Lipinski definition) is 0. The van der Waals surface area contributed by atoms with E-state index in [-0.39, 0.29) is 11.8 Å². The van der Waals surface area contributed by atoms with E-state index >= 15 is 0 Å². The maximum absolute atomic E-state index is 12.4. The Morgan fingerprint density at radius 1 is 0.905 bits per heavy atom. The van der Waals surface area contributed by atoms with Crippen LogP contribution in [0.4, 0.5) is 0 Å². The van der Waals surface area contributed by atoms with Crippen LogP contribution in [-0.4, -0.2) is 52.8 Å². The fourth-order valence-corrected chi connectivity index (χ4v) is 2.65. The van der Waals surface area contributed by atoms with E-state index in [0.29, 0.717) is 37.6 Å². The number of amides is 2. The van der Waals surface area contributed by atoms with Gasteiger partial charge in [-0.25, -0.2) is 4.98 Å². The minimum Gasteiger partial charge on any atom is -0.338 e. The quantitative estimate of drug-likeness (QED) is 0.687. The van der Waals surface area contributed by atoms with Gasteiger partial charge in [0, 0.05) is 29.7 Å². The van der Waals surface area contributed by atoms with Crippen LogP contribution in [0.1, 0.15) is 48.7 Å². The van der Waals surface area contributed by atoms with Gasteiger partial charge in [0.25, 0.3) is 11.8 Å². The molecule has 0 aromatic carbocycles. The standard InChI is InChI=1S/C15H22IN3O2/c1-5-18(6-2)14(20)12-9-11(16)10-13(17-12)15(21)19(7-3)8-4/h9-10H,5-8H2,1-4H3. The molecule has 21 heavy (non-hydrogen) atoms. The number of nitrogens with zero attached hydrogens (tertiary/aromatic N) is 3. The van der Waals surface area contributed by atoms with E-state index in [0.717, 1.165) is 3.57 Å². The lowest BCUT2D eigenvalue weighted by molar-refractivity contribution is 0.0760. The molecule has 0 radical (unpaired) electrons. The first-order valence-corrected chi connectivity index (χ1v) is 8.32. The largest absolute Gasteiger partial charge is 0.338 e. The predicted octanol–water partition coefficient (Wildman–Crippen LogP) is 2.65. The summed E-state index contributed by atoms with van der Waals surface area (Å²) in [6.07, 6.45) is 0. The molecular formula is C15H22IN3O2. The summed E-state index contributed by atoms with van der Waals surface area (Å²) in [4.78, 5) is 32.4. The Bertz CT molecular complexity index is 469. The predicted molar refractivity (Wildman–Crippen MR) is 91.5 cm³/mol. The van der Waals surface area contributed by atoms with Gasteiger partial charge in [0.05, 0.1) is 0 Å². The lowest BCUT2D eigenvalue weighted by Crippen LogP contribution is -2.33. The maximum Gasteiger partial charge on any atom is 0.272 e. The number of rotatable bonds is 6. The SMILES string of the molecule is CCN(CC)C(=O)c1cc(I)cc(C(=O)N(CC)CC)n1. The van der Waals surface area contributed by atoms with Crippen LogP contribution >= 0.6 is 22.6 Å². The fraction of sp³-hybridized carbons (Fsp3) is 0.533. The second kappa shape index (κ2) is 8.31. The van der Waals surface area contributed by atoms with E-state index in [1.807, 2.05) is 27.7 Å². The second-order valence-electron chi connectivity index (χ2n) is 4.51. The van der Waals surface area contributed by atoms with Gasteiger partial charge in [0.1, 0.15) is 11.4 Å². The highest BCUT2D eigenvalue weighted by molar-refractivity contribution is 14.1. The van der Waals surface area contributed by atoms with E-state index in [1.165, 1.54) is 0 Å². The highest BCUT2D eigenvalue weighted by Gasteiger charge is 2.20. The molecule has 0 spiro atoms. The lowest BCUT2D eigenvalue weighted by atomic mass is 10.2. The molecule has 1 aromatic heterocycles. The van der Waals surface area contributed by atoms with Crippen molar-refractivity contribution in [3.05, 3.63) is 27.1 Å². The summed E-state index contributed by atoms with van der Waals surface area (Å²) in [6, 6.07) is 3.44. The van der Waals surface area contributed by atoms with Crippen LogP contribution in [0.5, 0.6) is 0 Å². The maximum atomic E-state index is 12.4. The first-order chi connectivity index (χ1) is 9.98.